The summed E-state index contributed by atoms with van der Waals surface area (Å²) in [7, 11) is 0. The van der Waals surface area contributed by atoms with Crippen LogP contribution in [0.25, 0.3) is 11.0 Å². The molecule has 5 nitrogen and oxygen atoms in total. The molecular formula is C21H23BrN4O. The van der Waals surface area contributed by atoms with Crippen molar-refractivity contribution in [2.45, 2.75) is 52.0 Å². The summed E-state index contributed by atoms with van der Waals surface area (Å²) in [5, 5.41) is 8.56. The number of rotatable bonds is 6. The Bertz CT molecular complexity index is 990. The molecule has 1 N–H and O–H groups in total. The van der Waals surface area contributed by atoms with Crippen LogP contribution in [-0.4, -0.2) is 20.7 Å². The second-order valence-electron chi connectivity index (χ2n) is 7.19. The minimum Gasteiger partial charge on any atom is -0.322 e. The maximum absolute atomic E-state index is 13.1. The zero-order chi connectivity index (χ0) is 19.0. The fourth-order valence-electron chi connectivity index (χ4n) is 3.34. The number of benzene rings is 1. The molecule has 1 saturated carbocycles. The molecule has 1 amide bonds. The Morgan fingerprint density at radius 3 is 2.70 bits per heavy atom. The minimum atomic E-state index is -0.107. The van der Waals surface area contributed by atoms with Crippen LogP contribution >= 0.6 is 15.9 Å². The van der Waals surface area contributed by atoms with E-state index in [1.165, 1.54) is 0 Å². The van der Waals surface area contributed by atoms with Crippen molar-refractivity contribution < 1.29 is 4.79 Å². The Kier molecular flexibility index (Phi) is 5.00. The molecule has 0 unspecified atom stereocenters. The molecule has 1 aliphatic rings. The number of fused-ring (bicyclic) bond motifs is 1. The van der Waals surface area contributed by atoms with Gasteiger partial charge in [-0.05, 0) is 56.5 Å². The SMILES string of the molecule is CCCCn1nc(C)c2c(C(=O)Nc3ccc(Br)cc3)cc(C3CC3)nc21. The first kappa shape index (κ1) is 18.2. The molecule has 0 bridgehead atoms. The number of carbonyl (C=O) groups is 1. The molecule has 140 valence electrons. The number of halogens is 1. The van der Waals surface area contributed by atoms with Gasteiger partial charge in [0, 0.05) is 28.3 Å². The van der Waals surface area contributed by atoms with Gasteiger partial charge in [0.1, 0.15) is 0 Å². The summed E-state index contributed by atoms with van der Waals surface area (Å²) in [6.45, 7) is 4.95. The molecule has 0 radical (unpaired) electrons. The Morgan fingerprint density at radius 1 is 1.30 bits per heavy atom. The largest absolute Gasteiger partial charge is 0.322 e. The van der Waals surface area contributed by atoms with Gasteiger partial charge in [-0.25, -0.2) is 9.67 Å². The molecule has 4 rings (SSSR count). The standard InChI is InChI=1S/C21H23BrN4O/c1-3-4-11-26-20-19(13(2)25-26)17(12-18(24-20)14-5-6-14)21(27)23-16-9-7-15(22)8-10-16/h7-10,12,14H,3-6,11H2,1-2H3,(H,23,27). The molecule has 0 saturated heterocycles. The van der Waals surface area contributed by atoms with Gasteiger partial charge in [0.25, 0.3) is 5.91 Å². The van der Waals surface area contributed by atoms with Crippen molar-refractivity contribution in [3.63, 3.8) is 0 Å². The molecule has 27 heavy (non-hydrogen) atoms. The van der Waals surface area contributed by atoms with E-state index in [9.17, 15) is 4.79 Å². The van der Waals surface area contributed by atoms with Crippen LogP contribution in [0.1, 0.15) is 60.3 Å². The average Bonchev–Trinajstić information content (AvgIpc) is 3.46. The smallest absolute Gasteiger partial charge is 0.256 e. The molecule has 1 aliphatic carbocycles. The van der Waals surface area contributed by atoms with Gasteiger partial charge in [0.2, 0.25) is 0 Å². The van der Waals surface area contributed by atoms with Gasteiger partial charge in [0.05, 0.1) is 16.6 Å². The molecular weight excluding hydrogens is 404 g/mol. The molecule has 0 atom stereocenters. The number of pyridine rings is 1. The normalized spacial score (nSPS) is 13.9. The number of nitrogens with zero attached hydrogens (tertiary/aromatic N) is 3. The highest BCUT2D eigenvalue weighted by Crippen LogP contribution is 2.40. The van der Waals surface area contributed by atoms with Crippen LogP contribution in [0.3, 0.4) is 0 Å². The van der Waals surface area contributed by atoms with E-state index in [0.29, 0.717) is 11.5 Å². The van der Waals surface area contributed by atoms with Crippen LogP contribution in [0.5, 0.6) is 0 Å². The Labute approximate surface area is 167 Å². The van der Waals surface area contributed by atoms with Gasteiger partial charge in [-0.3, -0.25) is 4.79 Å². The molecule has 0 aliphatic heterocycles. The lowest BCUT2D eigenvalue weighted by atomic mass is 10.1. The fraction of sp³-hybridized carbons (Fsp3) is 0.381. The van der Waals surface area contributed by atoms with Crippen LogP contribution < -0.4 is 5.32 Å². The lowest BCUT2D eigenvalue weighted by Crippen LogP contribution is -2.14. The van der Waals surface area contributed by atoms with Crippen LogP contribution in [0, 0.1) is 6.92 Å². The van der Waals surface area contributed by atoms with Crippen LogP contribution in [0.4, 0.5) is 5.69 Å². The Morgan fingerprint density at radius 2 is 2.04 bits per heavy atom. The topological polar surface area (TPSA) is 59.8 Å². The summed E-state index contributed by atoms with van der Waals surface area (Å²) in [5.74, 6) is 0.369. The predicted octanol–water partition coefficient (Wildman–Crippen LogP) is 5.43. The predicted molar refractivity (Wildman–Crippen MR) is 111 cm³/mol. The van der Waals surface area contributed by atoms with E-state index >= 15 is 0 Å². The number of amides is 1. The number of hydrogen-bond acceptors (Lipinski definition) is 3. The highest BCUT2D eigenvalue weighted by atomic mass is 79.9. The van der Waals surface area contributed by atoms with Crippen LogP contribution in [0.2, 0.25) is 0 Å². The summed E-state index contributed by atoms with van der Waals surface area (Å²) in [4.78, 5) is 18.0. The summed E-state index contributed by atoms with van der Waals surface area (Å²) in [6, 6.07) is 9.58. The van der Waals surface area contributed by atoms with Gasteiger partial charge in [-0.2, -0.15) is 5.10 Å². The maximum atomic E-state index is 13.1. The van der Waals surface area contributed by atoms with Gasteiger partial charge in [-0.15, -0.1) is 0 Å². The minimum absolute atomic E-state index is 0.107. The summed E-state index contributed by atoms with van der Waals surface area (Å²) < 4.78 is 2.95. The van der Waals surface area contributed by atoms with Crippen molar-refractivity contribution in [1.82, 2.24) is 14.8 Å². The zero-order valence-corrected chi connectivity index (χ0v) is 17.2. The highest BCUT2D eigenvalue weighted by Gasteiger charge is 2.28. The Hall–Kier alpha value is -2.21. The Balaban J connectivity index is 1.76. The summed E-state index contributed by atoms with van der Waals surface area (Å²) in [5.41, 5.74) is 4.16. The second kappa shape index (κ2) is 7.43. The summed E-state index contributed by atoms with van der Waals surface area (Å²) >= 11 is 3.42. The first-order valence-corrected chi connectivity index (χ1v) is 10.3. The lowest BCUT2D eigenvalue weighted by Gasteiger charge is -2.10. The molecule has 2 aromatic heterocycles. The monoisotopic (exact) mass is 426 g/mol. The van der Waals surface area contributed by atoms with Gasteiger partial charge < -0.3 is 5.32 Å². The average molecular weight is 427 g/mol. The zero-order valence-electron chi connectivity index (χ0n) is 15.6. The van der Waals surface area contributed by atoms with Crippen molar-refractivity contribution in [3.05, 3.63) is 51.8 Å². The lowest BCUT2D eigenvalue weighted by molar-refractivity contribution is 0.102. The van der Waals surface area contributed by atoms with Crippen molar-refractivity contribution in [2.75, 3.05) is 5.32 Å². The number of carbonyl (C=O) groups excluding carboxylic acids is 1. The van der Waals surface area contributed by atoms with E-state index in [-0.39, 0.29) is 5.91 Å². The first-order valence-electron chi connectivity index (χ1n) is 9.51. The van der Waals surface area contributed by atoms with Crippen molar-refractivity contribution >= 4 is 38.6 Å². The molecule has 2 heterocycles. The van der Waals surface area contributed by atoms with Crippen molar-refractivity contribution in [3.8, 4) is 0 Å². The highest BCUT2D eigenvalue weighted by molar-refractivity contribution is 9.10. The van der Waals surface area contributed by atoms with E-state index < -0.39 is 0 Å². The fourth-order valence-corrected chi connectivity index (χ4v) is 3.60. The number of anilines is 1. The van der Waals surface area contributed by atoms with E-state index in [1.54, 1.807) is 0 Å². The van der Waals surface area contributed by atoms with Gasteiger partial charge in [-0.1, -0.05) is 29.3 Å². The third-order valence-corrected chi connectivity index (χ3v) is 5.49. The third kappa shape index (κ3) is 3.76. The van der Waals surface area contributed by atoms with E-state index in [4.69, 9.17) is 4.98 Å². The van der Waals surface area contributed by atoms with Crippen molar-refractivity contribution in [2.24, 2.45) is 0 Å². The number of unbranched alkanes of at least 4 members (excludes halogenated alkanes) is 1. The number of nitrogens with one attached hydrogen (secondary N) is 1. The number of aryl methyl sites for hydroxylation is 2. The van der Waals surface area contributed by atoms with Gasteiger partial charge in [0.15, 0.2) is 5.65 Å². The van der Waals surface area contributed by atoms with Crippen LogP contribution in [0.15, 0.2) is 34.8 Å². The van der Waals surface area contributed by atoms with E-state index in [2.05, 4.69) is 33.3 Å². The number of aromatic nitrogens is 3. The van der Waals surface area contributed by atoms with E-state index in [1.807, 2.05) is 41.9 Å². The van der Waals surface area contributed by atoms with Gasteiger partial charge >= 0.3 is 0 Å². The molecule has 0 spiro atoms. The third-order valence-electron chi connectivity index (χ3n) is 4.96. The second-order valence-corrected chi connectivity index (χ2v) is 8.11. The first-order chi connectivity index (χ1) is 13.1. The molecule has 6 heteroatoms. The molecule has 1 aromatic carbocycles. The van der Waals surface area contributed by atoms with Crippen molar-refractivity contribution in [1.29, 1.82) is 0 Å². The number of hydrogen-bond donors (Lipinski definition) is 1. The molecule has 1 fully saturated rings. The summed E-state index contributed by atoms with van der Waals surface area (Å²) in [6.07, 6.45) is 4.44. The molecule has 3 aromatic rings. The van der Waals surface area contributed by atoms with E-state index in [0.717, 1.165) is 64.8 Å². The maximum Gasteiger partial charge on any atom is 0.256 e. The van der Waals surface area contributed by atoms with Crippen LogP contribution in [-0.2, 0) is 6.54 Å². The quantitative estimate of drug-likeness (QED) is 0.571.